The van der Waals surface area contributed by atoms with E-state index in [1.165, 1.54) is 16.7 Å². The van der Waals surface area contributed by atoms with E-state index < -0.39 is 21.6 Å². The first-order valence-electron chi connectivity index (χ1n) is 12.1. The van der Waals surface area contributed by atoms with Crippen molar-refractivity contribution in [3.63, 3.8) is 0 Å². The van der Waals surface area contributed by atoms with E-state index in [1.54, 1.807) is 67.5 Å². The van der Waals surface area contributed by atoms with E-state index in [-0.39, 0.29) is 17.9 Å². The molecule has 0 bridgehead atoms. The minimum absolute atomic E-state index is 0.0140. The number of aryl methyl sites for hydroxylation is 1. The van der Waals surface area contributed by atoms with Crippen LogP contribution in [-0.4, -0.2) is 40.3 Å². The van der Waals surface area contributed by atoms with Crippen LogP contribution >= 0.6 is 0 Å². The summed E-state index contributed by atoms with van der Waals surface area (Å²) in [6.45, 7) is 3.21. The van der Waals surface area contributed by atoms with E-state index in [2.05, 4.69) is 14.8 Å². The fraction of sp³-hybridized carbons (Fsp3) is 0.107. The fourth-order valence-corrected chi connectivity index (χ4v) is 5.29. The molecule has 0 fully saturated rings. The number of fused-ring (bicyclic) bond motifs is 3. The molecule has 0 saturated heterocycles. The molecule has 1 N–H and O–H groups in total. The van der Waals surface area contributed by atoms with Crippen LogP contribution in [0.15, 0.2) is 89.0 Å². The van der Waals surface area contributed by atoms with Gasteiger partial charge in [0.25, 0.3) is 15.6 Å². The Balaban J connectivity index is 1.66. The summed E-state index contributed by atoms with van der Waals surface area (Å²) in [7, 11) is -4.29. The average Bonchev–Trinajstić information content (AvgIpc) is 3.48. The minimum Gasteiger partial charge on any atom is -0.462 e. The van der Waals surface area contributed by atoms with Gasteiger partial charge in [0, 0.05) is 35.4 Å². The number of rotatable bonds is 7. The molecule has 3 aromatic heterocycles. The number of sulfonamides is 1. The quantitative estimate of drug-likeness (QED) is 0.138. The lowest BCUT2D eigenvalue weighted by molar-refractivity contribution is -0.138. The average molecular weight is 555 g/mol. The van der Waals surface area contributed by atoms with Gasteiger partial charge < -0.3 is 4.74 Å². The molecule has 5 aromatic rings. The highest BCUT2D eigenvalue weighted by atomic mass is 32.2. The second-order valence-electron chi connectivity index (χ2n) is 8.73. The summed E-state index contributed by atoms with van der Waals surface area (Å²) in [6.07, 6.45) is 5.14. The van der Waals surface area contributed by atoms with Crippen LogP contribution in [0.2, 0.25) is 0 Å². The first kappa shape index (κ1) is 26.3. The van der Waals surface area contributed by atoms with Crippen molar-refractivity contribution in [3.8, 4) is 17.4 Å². The highest BCUT2D eigenvalue weighted by molar-refractivity contribution is 7.95. The van der Waals surface area contributed by atoms with Gasteiger partial charge in [-0.15, -0.1) is 0 Å². The molecule has 40 heavy (non-hydrogen) atoms. The number of hydrogen-bond donors (Lipinski definition) is 1. The zero-order valence-corrected chi connectivity index (χ0v) is 22.2. The Morgan fingerprint density at radius 1 is 1.15 bits per heavy atom. The molecule has 12 heteroatoms. The molecule has 11 nitrogen and oxygen atoms in total. The number of benzene rings is 2. The van der Waals surface area contributed by atoms with E-state index in [4.69, 9.17) is 4.74 Å². The summed E-state index contributed by atoms with van der Waals surface area (Å²) < 4.78 is 36.0. The Morgan fingerprint density at radius 2 is 1.95 bits per heavy atom. The normalized spacial score (nSPS) is 11.9. The Bertz CT molecular complexity index is 2020. The first-order valence-corrected chi connectivity index (χ1v) is 13.6. The van der Waals surface area contributed by atoms with Crippen LogP contribution < -0.4 is 10.3 Å². The summed E-state index contributed by atoms with van der Waals surface area (Å²) in [6, 6.07) is 16.9. The van der Waals surface area contributed by atoms with Crippen LogP contribution in [-0.2, 0) is 19.6 Å². The van der Waals surface area contributed by atoms with Crippen molar-refractivity contribution in [2.24, 2.45) is 0 Å². The molecule has 200 valence electrons. The van der Waals surface area contributed by atoms with Gasteiger partial charge >= 0.3 is 5.97 Å². The monoisotopic (exact) mass is 554 g/mol. The molecular formula is C28H22N6O5S. The van der Waals surface area contributed by atoms with E-state index in [9.17, 15) is 23.3 Å². The molecular weight excluding hydrogens is 532 g/mol. The molecule has 0 radical (unpaired) electrons. The molecule has 2 aromatic carbocycles. The van der Waals surface area contributed by atoms with Gasteiger partial charge in [-0.05, 0) is 61.9 Å². The number of aromatic nitrogens is 4. The van der Waals surface area contributed by atoms with Gasteiger partial charge in [0.1, 0.15) is 6.07 Å². The number of nitrogens with zero attached hydrogens (tertiary/aromatic N) is 5. The van der Waals surface area contributed by atoms with Gasteiger partial charge in [-0.3, -0.25) is 19.1 Å². The minimum atomic E-state index is -4.29. The topological polar surface area (TPSA) is 149 Å². The highest BCUT2D eigenvalue weighted by Crippen LogP contribution is 2.28. The molecule has 0 saturated carbocycles. The molecule has 0 amide bonds. The zero-order chi connectivity index (χ0) is 28.4. The number of carbonyl (C=O) groups is 1. The van der Waals surface area contributed by atoms with Crippen LogP contribution in [0.5, 0.6) is 0 Å². The maximum Gasteiger partial charge on any atom is 0.349 e. The maximum atomic E-state index is 13.3. The van der Waals surface area contributed by atoms with Crippen molar-refractivity contribution in [2.45, 2.75) is 13.8 Å². The number of nitrogens with one attached hydrogen (secondary N) is 1. The van der Waals surface area contributed by atoms with Crippen LogP contribution in [0.4, 0.5) is 5.69 Å². The van der Waals surface area contributed by atoms with Gasteiger partial charge in [-0.2, -0.15) is 10.4 Å². The predicted molar refractivity (Wildman–Crippen MR) is 150 cm³/mol. The second-order valence-corrected chi connectivity index (χ2v) is 10.3. The van der Waals surface area contributed by atoms with Crippen molar-refractivity contribution >= 4 is 43.5 Å². The number of nitriles is 1. The zero-order valence-electron chi connectivity index (χ0n) is 21.4. The van der Waals surface area contributed by atoms with Crippen molar-refractivity contribution in [1.82, 2.24) is 19.3 Å². The SMILES string of the molecule is CCOC(=O)/C(C#N)=C/S(=O)(=O)Nc1cc(-n2c(=O)ccc3cnc4ccc(-n5cccn5)cc4c32)ccc1C. The van der Waals surface area contributed by atoms with E-state index >= 15 is 0 Å². The van der Waals surface area contributed by atoms with Gasteiger partial charge in [-0.25, -0.2) is 17.9 Å². The third kappa shape index (κ3) is 5.05. The van der Waals surface area contributed by atoms with E-state index in [0.29, 0.717) is 38.5 Å². The van der Waals surface area contributed by atoms with Crippen molar-refractivity contribution in [2.75, 3.05) is 11.3 Å². The third-order valence-corrected chi connectivity index (χ3v) is 7.14. The second kappa shape index (κ2) is 10.5. The summed E-state index contributed by atoms with van der Waals surface area (Å²) in [5.41, 5.74) is 2.11. The lowest BCUT2D eigenvalue weighted by Gasteiger charge is -2.16. The molecule has 3 heterocycles. The molecule has 5 rings (SSSR count). The number of ether oxygens (including phenoxy) is 1. The standard InChI is InChI=1S/C28H22N6O5S/c1-3-39-28(36)20(15-29)17-40(37,38)32-25-14-22(7-5-18(25)2)34-26(35)10-6-19-16-30-24-9-8-21(13-23(24)27(19)34)33-12-4-11-31-33/h4-14,16-17,32H,3H2,1-2H3/b20-17+. The summed E-state index contributed by atoms with van der Waals surface area (Å²) >= 11 is 0. The Morgan fingerprint density at radius 3 is 2.67 bits per heavy atom. The van der Waals surface area contributed by atoms with Crippen LogP contribution in [0, 0.1) is 18.3 Å². The van der Waals surface area contributed by atoms with Crippen LogP contribution in [0.25, 0.3) is 33.2 Å². The summed E-state index contributed by atoms with van der Waals surface area (Å²) in [4.78, 5) is 29.7. The Kier molecular flexibility index (Phi) is 6.89. The summed E-state index contributed by atoms with van der Waals surface area (Å²) in [5.74, 6) is -1.04. The van der Waals surface area contributed by atoms with Crippen LogP contribution in [0.1, 0.15) is 12.5 Å². The summed E-state index contributed by atoms with van der Waals surface area (Å²) in [5, 5.41) is 15.4. The molecule has 0 unspecified atom stereocenters. The predicted octanol–water partition coefficient (Wildman–Crippen LogP) is 3.75. The molecule has 0 aliphatic carbocycles. The van der Waals surface area contributed by atoms with Crippen molar-refractivity contribution in [1.29, 1.82) is 5.26 Å². The smallest absolute Gasteiger partial charge is 0.349 e. The molecule has 0 spiro atoms. The number of hydrogen-bond acceptors (Lipinski definition) is 8. The Hall–Kier alpha value is -5.28. The lowest BCUT2D eigenvalue weighted by Crippen LogP contribution is -2.19. The molecule has 0 atom stereocenters. The van der Waals surface area contributed by atoms with Crippen molar-refractivity contribution < 1.29 is 17.9 Å². The van der Waals surface area contributed by atoms with Crippen LogP contribution in [0.3, 0.4) is 0 Å². The first-order chi connectivity index (χ1) is 19.2. The Labute approximate surface area is 228 Å². The number of esters is 1. The lowest BCUT2D eigenvalue weighted by atomic mass is 10.1. The van der Waals surface area contributed by atoms with Gasteiger partial charge in [0.05, 0.1) is 40.1 Å². The van der Waals surface area contributed by atoms with E-state index in [0.717, 1.165) is 5.69 Å². The number of carbonyl (C=O) groups excluding carboxylic acids is 1. The maximum absolute atomic E-state index is 13.3. The third-order valence-electron chi connectivity index (χ3n) is 6.09. The molecule has 0 aliphatic heterocycles. The van der Waals surface area contributed by atoms with Crippen molar-refractivity contribution in [3.05, 3.63) is 100 Å². The molecule has 0 aliphatic rings. The number of pyridine rings is 2. The van der Waals surface area contributed by atoms with Gasteiger partial charge in [0.2, 0.25) is 0 Å². The van der Waals surface area contributed by atoms with Gasteiger partial charge in [-0.1, -0.05) is 6.07 Å². The van der Waals surface area contributed by atoms with E-state index in [1.807, 2.05) is 18.2 Å². The number of anilines is 1. The van der Waals surface area contributed by atoms with Gasteiger partial charge in [0.15, 0.2) is 5.57 Å². The highest BCUT2D eigenvalue weighted by Gasteiger charge is 2.18. The largest absolute Gasteiger partial charge is 0.462 e. The fourth-order valence-electron chi connectivity index (χ4n) is 4.25.